The maximum Gasteiger partial charge on any atom is 1.00 e. The maximum absolute atomic E-state index is 11.4. The second kappa shape index (κ2) is 19.8. The Morgan fingerprint density at radius 2 is 0.857 bits per heavy atom. The molecular weight excluding hydrogens is 383 g/mol. The smallest absolute Gasteiger partial charge is 0.746 e. The van der Waals surface area contributed by atoms with Gasteiger partial charge in [-0.25, -0.2) is 8.42 Å². The second-order valence-corrected chi connectivity index (χ2v) is 9.87. The van der Waals surface area contributed by atoms with Crippen LogP contribution in [0.1, 0.15) is 136 Å². The van der Waals surface area contributed by atoms with Gasteiger partial charge in [-0.1, -0.05) is 110 Å². The molecule has 0 saturated heterocycles. The summed E-state index contributed by atoms with van der Waals surface area (Å²) in [6.45, 7) is 4.26. The summed E-state index contributed by atoms with van der Waals surface area (Å²) in [4.78, 5) is -2.06. The van der Waals surface area contributed by atoms with Crippen LogP contribution in [0.25, 0.3) is 0 Å². The fraction of sp³-hybridized carbons (Fsp3) is 1.00. The molecule has 6 heteroatoms. The molecule has 0 heterocycles. The van der Waals surface area contributed by atoms with Crippen LogP contribution in [0.2, 0.25) is 0 Å². The topological polar surface area (TPSA) is 77.4 Å². The van der Waals surface area contributed by atoms with Gasteiger partial charge in [0.1, 0.15) is 10.1 Å². The molecule has 0 aromatic rings. The molecule has 0 rings (SSSR count). The molecule has 164 valence electrons. The minimum atomic E-state index is -4.66. The van der Waals surface area contributed by atoms with Gasteiger partial charge < -0.3 is 9.66 Å². The second-order valence-electron chi connectivity index (χ2n) is 8.20. The Labute approximate surface area is 197 Å². The van der Waals surface area contributed by atoms with Crippen molar-refractivity contribution in [2.24, 2.45) is 0 Å². The molecule has 0 aliphatic carbocycles. The predicted molar refractivity (Wildman–Crippen MR) is 114 cm³/mol. The number of aliphatic hydroxyl groups is 1. The number of hydrogen-bond acceptors (Lipinski definition) is 4. The minimum Gasteiger partial charge on any atom is -0.746 e. The van der Waals surface area contributed by atoms with Gasteiger partial charge in [0, 0.05) is 0 Å². The van der Waals surface area contributed by atoms with E-state index in [2.05, 4.69) is 6.92 Å². The SMILES string of the molecule is CCCCCCCCCCCCCCCCC(O)(CCCCC)S(=O)(=O)[O-].[Na+]. The predicted octanol–water partition coefficient (Wildman–Crippen LogP) is 3.68. The molecule has 0 bridgehead atoms. The van der Waals surface area contributed by atoms with Crippen molar-refractivity contribution in [3.8, 4) is 0 Å². The van der Waals surface area contributed by atoms with Gasteiger partial charge in [-0.3, -0.25) is 0 Å². The van der Waals surface area contributed by atoms with Gasteiger partial charge in [-0.15, -0.1) is 0 Å². The van der Waals surface area contributed by atoms with Crippen molar-refractivity contribution in [1.82, 2.24) is 0 Å². The molecule has 0 amide bonds. The third-order valence-corrected chi connectivity index (χ3v) is 6.90. The first kappa shape index (κ1) is 31.1. The van der Waals surface area contributed by atoms with Gasteiger partial charge in [0.2, 0.25) is 0 Å². The molecule has 0 spiro atoms. The van der Waals surface area contributed by atoms with E-state index in [0.717, 1.165) is 32.1 Å². The molecule has 0 saturated carbocycles. The Balaban J connectivity index is 0. The Bertz CT molecular complexity index is 428. The van der Waals surface area contributed by atoms with E-state index in [1.165, 1.54) is 64.2 Å². The van der Waals surface area contributed by atoms with Crippen molar-refractivity contribution in [1.29, 1.82) is 0 Å². The summed E-state index contributed by atoms with van der Waals surface area (Å²) < 4.78 is 34.2. The van der Waals surface area contributed by atoms with Gasteiger partial charge in [0.05, 0.1) is 0 Å². The van der Waals surface area contributed by atoms with Crippen molar-refractivity contribution in [3.05, 3.63) is 0 Å². The van der Waals surface area contributed by atoms with Crippen LogP contribution < -0.4 is 29.6 Å². The van der Waals surface area contributed by atoms with Gasteiger partial charge in [0.25, 0.3) is 0 Å². The Kier molecular flexibility index (Phi) is 22.0. The molecule has 0 aromatic heterocycles. The zero-order chi connectivity index (χ0) is 20.4. The zero-order valence-corrected chi connectivity index (χ0v) is 21.8. The van der Waals surface area contributed by atoms with Gasteiger partial charge in [-0.05, 0) is 25.7 Å². The first-order valence-electron chi connectivity index (χ1n) is 11.5. The van der Waals surface area contributed by atoms with E-state index in [9.17, 15) is 18.1 Å². The average molecular weight is 429 g/mol. The molecule has 0 fully saturated rings. The molecule has 1 atom stereocenters. The Morgan fingerprint density at radius 1 is 0.607 bits per heavy atom. The third-order valence-electron chi connectivity index (χ3n) is 5.56. The molecule has 1 N–H and O–H groups in total. The van der Waals surface area contributed by atoms with Crippen LogP contribution in [-0.4, -0.2) is 23.0 Å². The zero-order valence-electron chi connectivity index (χ0n) is 19.0. The van der Waals surface area contributed by atoms with Crippen LogP contribution in [0.5, 0.6) is 0 Å². The van der Waals surface area contributed by atoms with E-state index in [-0.39, 0.29) is 42.4 Å². The summed E-state index contributed by atoms with van der Waals surface area (Å²) in [6.07, 6.45) is 19.6. The van der Waals surface area contributed by atoms with E-state index in [4.69, 9.17) is 0 Å². The quantitative estimate of drug-likeness (QED) is 0.182. The van der Waals surface area contributed by atoms with E-state index >= 15 is 0 Å². The minimum absolute atomic E-state index is 0. The van der Waals surface area contributed by atoms with Crippen LogP contribution in [-0.2, 0) is 10.1 Å². The molecule has 4 nitrogen and oxygen atoms in total. The molecule has 0 aromatic carbocycles. The van der Waals surface area contributed by atoms with Crippen LogP contribution in [0.15, 0.2) is 0 Å². The van der Waals surface area contributed by atoms with Crippen LogP contribution in [0.3, 0.4) is 0 Å². The fourth-order valence-electron chi connectivity index (χ4n) is 3.62. The Morgan fingerprint density at radius 3 is 1.18 bits per heavy atom. The normalized spacial score (nSPS) is 13.9. The van der Waals surface area contributed by atoms with Crippen LogP contribution in [0, 0.1) is 0 Å². The van der Waals surface area contributed by atoms with Crippen molar-refractivity contribution < 1.29 is 47.6 Å². The van der Waals surface area contributed by atoms with Gasteiger partial charge in [-0.2, -0.15) is 0 Å². The maximum atomic E-state index is 11.4. The summed E-state index contributed by atoms with van der Waals surface area (Å²) in [5.41, 5.74) is 0. The van der Waals surface area contributed by atoms with Crippen LogP contribution >= 0.6 is 0 Å². The Hall–Kier alpha value is 0.870. The number of rotatable bonds is 20. The summed E-state index contributed by atoms with van der Waals surface area (Å²) in [5.74, 6) is 0. The standard InChI is InChI=1S/C22H46O4S.Na/c1-3-5-7-8-9-10-11-12-13-14-15-16-17-19-21-22(23,27(24,25)26)20-18-6-4-2;/h23H,3-21H2,1-2H3,(H,24,25,26);/q;+1/p-1. The third kappa shape index (κ3) is 16.6. The molecule has 0 aliphatic heterocycles. The molecular formula is C22H45NaO4S. The molecule has 0 aliphatic rings. The molecule has 1 unspecified atom stereocenters. The molecule has 28 heavy (non-hydrogen) atoms. The van der Waals surface area contributed by atoms with Crippen molar-refractivity contribution in [2.75, 3.05) is 0 Å². The summed E-state index contributed by atoms with van der Waals surface area (Å²) in [6, 6.07) is 0. The largest absolute Gasteiger partial charge is 1.00 e. The van der Waals surface area contributed by atoms with E-state index in [0.29, 0.717) is 12.8 Å². The molecule has 0 radical (unpaired) electrons. The van der Waals surface area contributed by atoms with E-state index in [1.807, 2.05) is 6.92 Å². The van der Waals surface area contributed by atoms with E-state index in [1.54, 1.807) is 0 Å². The average Bonchev–Trinajstić information content (AvgIpc) is 2.61. The van der Waals surface area contributed by atoms with Crippen molar-refractivity contribution in [2.45, 2.75) is 141 Å². The number of hydrogen-bond donors (Lipinski definition) is 1. The van der Waals surface area contributed by atoms with E-state index < -0.39 is 15.1 Å². The van der Waals surface area contributed by atoms with Gasteiger partial charge >= 0.3 is 29.6 Å². The monoisotopic (exact) mass is 428 g/mol. The van der Waals surface area contributed by atoms with Crippen molar-refractivity contribution >= 4 is 10.1 Å². The first-order valence-corrected chi connectivity index (χ1v) is 13.0. The fourth-order valence-corrected chi connectivity index (χ4v) is 4.41. The summed E-state index contributed by atoms with van der Waals surface area (Å²) in [7, 11) is -4.66. The van der Waals surface area contributed by atoms with Gasteiger partial charge in [0.15, 0.2) is 4.93 Å². The summed E-state index contributed by atoms with van der Waals surface area (Å²) >= 11 is 0. The van der Waals surface area contributed by atoms with Crippen LogP contribution in [0.4, 0.5) is 0 Å². The number of unbranched alkanes of at least 4 members (excludes halogenated alkanes) is 15. The van der Waals surface area contributed by atoms with Crippen molar-refractivity contribution in [3.63, 3.8) is 0 Å². The first-order chi connectivity index (χ1) is 12.9. The summed E-state index contributed by atoms with van der Waals surface area (Å²) in [5, 5.41) is 10.3.